The lowest BCUT2D eigenvalue weighted by atomic mass is 9.84. The van der Waals surface area contributed by atoms with Crippen LogP contribution in [0.3, 0.4) is 0 Å². The molecular weight excluding hydrogens is 204 g/mol. The summed E-state index contributed by atoms with van der Waals surface area (Å²) in [5.74, 6) is 1.78. The number of rotatable bonds is 12. The molecule has 17 heavy (non-hydrogen) atoms. The summed E-state index contributed by atoms with van der Waals surface area (Å²) in [5, 5.41) is 0. The van der Waals surface area contributed by atoms with E-state index in [0.29, 0.717) is 0 Å². The fourth-order valence-corrected chi connectivity index (χ4v) is 2.65. The average Bonchev–Trinajstić information content (AvgIpc) is 2.35. The van der Waals surface area contributed by atoms with E-state index in [4.69, 9.17) is 0 Å². The highest BCUT2D eigenvalue weighted by atomic mass is 14.2. The van der Waals surface area contributed by atoms with Crippen LogP contribution in [0.2, 0.25) is 0 Å². The molecule has 0 saturated heterocycles. The van der Waals surface area contributed by atoms with Crippen LogP contribution in [-0.4, -0.2) is 0 Å². The summed E-state index contributed by atoms with van der Waals surface area (Å²) in [6.07, 6.45) is 16.6. The number of hydrogen-bond donors (Lipinski definition) is 0. The molecule has 0 spiro atoms. The second-order valence-corrected chi connectivity index (χ2v) is 5.55. The topological polar surface area (TPSA) is 0 Å². The van der Waals surface area contributed by atoms with Gasteiger partial charge in [-0.1, -0.05) is 91.9 Å². The van der Waals surface area contributed by atoms with Crippen LogP contribution in [0.1, 0.15) is 91.9 Å². The zero-order valence-corrected chi connectivity index (χ0v) is 12.8. The lowest BCUT2D eigenvalue weighted by Crippen LogP contribution is -2.10. The van der Waals surface area contributed by atoms with Gasteiger partial charge in [0.05, 0.1) is 0 Å². The predicted molar refractivity (Wildman–Crippen MR) is 80.1 cm³/mol. The highest BCUT2D eigenvalue weighted by molar-refractivity contribution is 4.83. The van der Waals surface area contributed by atoms with Crippen LogP contribution < -0.4 is 0 Å². The molecule has 0 aliphatic heterocycles. The summed E-state index contributed by atoms with van der Waals surface area (Å²) in [4.78, 5) is 0. The lowest BCUT2D eigenvalue weighted by molar-refractivity contribution is 0.394. The maximum atomic E-state index is 2.70. The fraction of sp³-hybridized carbons (Fsp3) is 0.941. The van der Waals surface area contributed by atoms with E-state index in [2.05, 4.69) is 34.1 Å². The van der Waals surface area contributed by atoms with Crippen molar-refractivity contribution in [2.75, 3.05) is 0 Å². The van der Waals surface area contributed by atoms with E-state index in [1.807, 2.05) is 0 Å². The van der Waals surface area contributed by atoms with Crippen molar-refractivity contribution in [2.24, 2.45) is 11.8 Å². The minimum atomic E-state index is 0.884. The summed E-state index contributed by atoms with van der Waals surface area (Å²) in [5.41, 5.74) is 0. The Hall–Kier alpha value is 0. The van der Waals surface area contributed by atoms with E-state index in [1.54, 1.807) is 0 Å². The van der Waals surface area contributed by atoms with Crippen molar-refractivity contribution in [3.63, 3.8) is 0 Å². The monoisotopic (exact) mass is 239 g/mol. The Morgan fingerprint density at radius 1 is 0.647 bits per heavy atom. The number of hydrogen-bond acceptors (Lipinski definition) is 0. The van der Waals surface area contributed by atoms with Gasteiger partial charge in [0.1, 0.15) is 0 Å². The molecule has 0 bridgehead atoms. The van der Waals surface area contributed by atoms with Crippen LogP contribution in [0, 0.1) is 18.3 Å². The molecule has 0 fully saturated rings. The van der Waals surface area contributed by atoms with Crippen LogP contribution in [-0.2, 0) is 0 Å². The first-order chi connectivity index (χ1) is 8.28. The third-order valence-corrected chi connectivity index (χ3v) is 3.84. The zero-order valence-electron chi connectivity index (χ0n) is 12.8. The zero-order chi connectivity index (χ0) is 12.9. The quantitative estimate of drug-likeness (QED) is 0.345. The van der Waals surface area contributed by atoms with Crippen LogP contribution in [0.4, 0.5) is 0 Å². The Morgan fingerprint density at radius 3 is 1.82 bits per heavy atom. The molecule has 0 saturated carbocycles. The van der Waals surface area contributed by atoms with Gasteiger partial charge < -0.3 is 0 Å². The van der Waals surface area contributed by atoms with Gasteiger partial charge in [-0.05, 0) is 18.3 Å². The molecule has 0 nitrogen and oxygen atoms in total. The van der Waals surface area contributed by atoms with Gasteiger partial charge in [0, 0.05) is 0 Å². The van der Waals surface area contributed by atoms with Gasteiger partial charge in [0.2, 0.25) is 0 Å². The summed E-state index contributed by atoms with van der Waals surface area (Å²) in [6, 6.07) is 0. The normalized spacial score (nSPS) is 14.8. The first-order valence-corrected chi connectivity index (χ1v) is 8.13. The van der Waals surface area contributed by atoms with E-state index in [9.17, 15) is 0 Å². The Morgan fingerprint density at radius 2 is 1.29 bits per heavy atom. The molecule has 1 radical (unpaired) electrons. The first-order valence-electron chi connectivity index (χ1n) is 8.13. The molecule has 0 aromatic heterocycles. The van der Waals surface area contributed by atoms with Gasteiger partial charge in [-0.3, -0.25) is 0 Å². The largest absolute Gasteiger partial charge is 0.0654 e. The highest BCUT2D eigenvalue weighted by Crippen LogP contribution is 2.27. The van der Waals surface area contributed by atoms with Gasteiger partial charge >= 0.3 is 0 Å². The molecular formula is C17H35. The van der Waals surface area contributed by atoms with E-state index in [-0.39, 0.29) is 0 Å². The fourth-order valence-electron chi connectivity index (χ4n) is 2.65. The summed E-state index contributed by atoms with van der Waals surface area (Å²) in [6.45, 7) is 9.29. The van der Waals surface area contributed by atoms with Crippen LogP contribution in [0.5, 0.6) is 0 Å². The van der Waals surface area contributed by atoms with Crippen molar-refractivity contribution >= 4 is 0 Å². The minimum Gasteiger partial charge on any atom is -0.0654 e. The SMILES string of the molecule is CCCCCC([CH]C(CCC)CCCC)CC. The van der Waals surface area contributed by atoms with Crippen LogP contribution in [0.25, 0.3) is 0 Å². The van der Waals surface area contributed by atoms with Gasteiger partial charge in [-0.25, -0.2) is 0 Å². The smallest absolute Gasteiger partial charge is 0.0324 e. The standard InChI is InChI=1S/C17H35/c1-5-9-11-14-16(8-4)15-17(12-7-3)13-10-6-2/h15-17H,5-14H2,1-4H3. The van der Waals surface area contributed by atoms with Crippen LogP contribution >= 0.6 is 0 Å². The molecule has 0 aliphatic carbocycles. The Balaban J connectivity index is 3.89. The van der Waals surface area contributed by atoms with Crippen molar-refractivity contribution in [3.8, 4) is 0 Å². The molecule has 0 aromatic rings. The Bertz CT molecular complexity index is 139. The first kappa shape index (κ1) is 17.0. The predicted octanol–water partition coefficient (Wildman–Crippen LogP) is 6.40. The van der Waals surface area contributed by atoms with Gasteiger partial charge in [0.15, 0.2) is 0 Å². The Kier molecular flexibility index (Phi) is 12.5. The highest BCUT2D eigenvalue weighted by Gasteiger charge is 2.14. The molecule has 0 rings (SSSR count). The molecule has 0 N–H and O–H groups in total. The molecule has 0 heterocycles. The molecule has 0 amide bonds. The van der Waals surface area contributed by atoms with Crippen molar-refractivity contribution in [2.45, 2.75) is 91.9 Å². The van der Waals surface area contributed by atoms with E-state index in [0.717, 1.165) is 11.8 Å². The van der Waals surface area contributed by atoms with Crippen molar-refractivity contribution in [3.05, 3.63) is 6.42 Å². The molecule has 0 aromatic carbocycles. The average molecular weight is 239 g/mol. The molecule has 0 aliphatic rings. The van der Waals surface area contributed by atoms with Crippen molar-refractivity contribution in [1.82, 2.24) is 0 Å². The Labute approximate surface area is 111 Å². The van der Waals surface area contributed by atoms with E-state index >= 15 is 0 Å². The molecule has 103 valence electrons. The second kappa shape index (κ2) is 12.5. The maximum absolute atomic E-state index is 2.70. The van der Waals surface area contributed by atoms with E-state index < -0.39 is 0 Å². The van der Waals surface area contributed by atoms with Gasteiger partial charge in [0.25, 0.3) is 0 Å². The third kappa shape index (κ3) is 9.68. The van der Waals surface area contributed by atoms with E-state index in [1.165, 1.54) is 64.2 Å². The van der Waals surface area contributed by atoms with Gasteiger partial charge in [-0.2, -0.15) is 0 Å². The molecule has 0 heteroatoms. The summed E-state index contributed by atoms with van der Waals surface area (Å²) in [7, 11) is 0. The maximum Gasteiger partial charge on any atom is -0.0324 e. The second-order valence-electron chi connectivity index (χ2n) is 5.55. The molecule has 2 atom stereocenters. The number of unbranched alkanes of at least 4 members (excludes halogenated alkanes) is 3. The van der Waals surface area contributed by atoms with Crippen molar-refractivity contribution in [1.29, 1.82) is 0 Å². The lowest BCUT2D eigenvalue weighted by Gasteiger charge is -2.22. The van der Waals surface area contributed by atoms with Crippen LogP contribution in [0.15, 0.2) is 0 Å². The summed E-state index contributed by atoms with van der Waals surface area (Å²) >= 11 is 0. The third-order valence-electron chi connectivity index (χ3n) is 3.84. The molecule has 2 unspecified atom stereocenters. The van der Waals surface area contributed by atoms with Crippen molar-refractivity contribution < 1.29 is 0 Å². The minimum absolute atomic E-state index is 0.884. The summed E-state index contributed by atoms with van der Waals surface area (Å²) < 4.78 is 0. The van der Waals surface area contributed by atoms with Gasteiger partial charge in [-0.15, -0.1) is 0 Å².